The topological polar surface area (TPSA) is 62.5 Å². The van der Waals surface area contributed by atoms with E-state index in [1.165, 1.54) is 17.4 Å². The Morgan fingerprint density at radius 3 is 2.91 bits per heavy atom. The van der Waals surface area contributed by atoms with E-state index in [1.807, 2.05) is 30.3 Å². The predicted octanol–water partition coefficient (Wildman–Crippen LogP) is 3.53. The Hall–Kier alpha value is -2.37. The highest BCUT2D eigenvalue weighted by atomic mass is 32.1. The van der Waals surface area contributed by atoms with E-state index < -0.39 is 5.60 Å². The number of carbonyl (C=O) groups excluding carboxylic acids is 1. The van der Waals surface area contributed by atoms with Crippen LogP contribution in [-0.4, -0.2) is 17.6 Å². The number of rotatable bonds is 5. The van der Waals surface area contributed by atoms with Gasteiger partial charge in [-0.1, -0.05) is 18.2 Å². The maximum Gasteiger partial charge on any atom is 0.244 e. The van der Waals surface area contributed by atoms with Crippen LogP contribution in [0.4, 0.5) is 0 Å². The summed E-state index contributed by atoms with van der Waals surface area (Å²) >= 11 is 1.53. The normalized spacial score (nSPS) is 14.2. The molecule has 1 amide bonds. The molecule has 0 fully saturated rings. The van der Waals surface area contributed by atoms with Gasteiger partial charge in [-0.25, -0.2) is 0 Å². The summed E-state index contributed by atoms with van der Waals surface area (Å²) in [5.74, 6) is 0.333. The van der Waals surface area contributed by atoms with Crippen LogP contribution in [0.5, 0.6) is 0 Å². The summed E-state index contributed by atoms with van der Waals surface area (Å²) in [6.45, 7) is 1.84. The van der Waals surface area contributed by atoms with Crippen molar-refractivity contribution < 1.29 is 14.3 Å². The monoisotopic (exact) mass is 327 g/mol. The van der Waals surface area contributed by atoms with Gasteiger partial charge in [-0.2, -0.15) is 0 Å². The van der Waals surface area contributed by atoms with E-state index >= 15 is 0 Å². The fourth-order valence-electron chi connectivity index (χ4n) is 2.20. The second kappa shape index (κ2) is 6.40. The molecule has 0 radical (unpaired) electrons. The van der Waals surface area contributed by atoms with Gasteiger partial charge in [0.15, 0.2) is 0 Å². The average molecular weight is 327 g/mol. The third-order valence-electron chi connectivity index (χ3n) is 3.51. The smallest absolute Gasteiger partial charge is 0.244 e. The van der Waals surface area contributed by atoms with Gasteiger partial charge >= 0.3 is 0 Å². The van der Waals surface area contributed by atoms with Crippen molar-refractivity contribution in [3.63, 3.8) is 0 Å². The van der Waals surface area contributed by atoms with Gasteiger partial charge in [0.2, 0.25) is 5.91 Å². The van der Waals surface area contributed by atoms with Crippen molar-refractivity contribution in [2.45, 2.75) is 12.5 Å². The number of carbonyl (C=O) groups is 1. The first-order chi connectivity index (χ1) is 11.0. The van der Waals surface area contributed by atoms with Crippen molar-refractivity contribution in [3.05, 3.63) is 65.4 Å². The van der Waals surface area contributed by atoms with E-state index in [1.54, 1.807) is 31.4 Å². The quantitative estimate of drug-likeness (QED) is 0.705. The molecule has 1 atom stereocenters. The van der Waals surface area contributed by atoms with Crippen LogP contribution in [-0.2, 0) is 10.4 Å². The molecule has 2 aromatic heterocycles. The third kappa shape index (κ3) is 3.70. The van der Waals surface area contributed by atoms with Crippen LogP contribution in [0.1, 0.15) is 17.6 Å². The van der Waals surface area contributed by atoms with Crippen LogP contribution in [0.3, 0.4) is 0 Å². The zero-order chi connectivity index (χ0) is 16.3. The number of amides is 1. The summed E-state index contributed by atoms with van der Waals surface area (Å²) in [6, 6.07) is 13.4. The summed E-state index contributed by atoms with van der Waals surface area (Å²) < 4.78 is 6.24. The lowest BCUT2D eigenvalue weighted by atomic mass is 10.0. The molecule has 118 valence electrons. The van der Waals surface area contributed by atoms with Gasteiger partial charge in [0, 0.05) is 15.7 Å². The first-order valence-corrected chi connectivity index (χ1v) is 8.07. The number of hydrogen-bond donors (Lipinski definition) is 2. The number of fused-ring (bicyclic) bond motifs is 1. The fourth-order valence-corrected chi connectivity index (χ4v) is 3.30. The SMILES string of the molecule is CC(O)(CNC(=O)/C=C/c1ccco1)c1cc2ccccc2s1. The molecule has 1 aromatic carbocycles. The van der Waals surface area contributed by atoms with E-state index in [2.05, 4.69) is 5.32 Å². The zero-order valence-corrected chi connectivity index (χ0v) is 13.5. The molecule has 4 nitrogen and oxygen atoms in total. The molecule has 1 unspecified atom stereocenters. The third-order valence-corrected chi connectivity index (χ3v) is 4.87. The maximum atomic E-state index is 11.8. The molecule has 2 N–H and O–H groups in total. The van der Waals surface area contributed by atoms with Crippen LogP contribution < -0.4 is 5.32 Å². The van der Waals surface area contributed by atoms with E-state index in [4.69, 9.17) is 4.42 Å². The lowest BCUT2D eigenvalue weighted by Crippen LogP contribution is -2.37. The summed E-state index contributed by atoms with van der Waals surface area (Å²) in [7, 11) is 0. The van der Waals surface area contributed by atoms with Gasteiger partial charge in [0.1, 0.15) is 11.4 Å². The van der Waals surface area contributed by atoms with Crippen molar-refractivity contribution in [1.82, 2.24) is 5.32 Å². The van der Waals surface area contributed by atoms with Gasteiger partial charge in [0.05, 0.1) is 12.8 Å². The van der Waals surface area contributed by atoms with Crippen LogP contribution in [0.15, 0.2) is 59.2 Å². The number of aliphatic hydroxyl groups is 1. The summed E-state index contributed by atoms with van der Waals surface area (Å²) in [6.07, 6.45) is 4.52. The lowest BCUT2D eigenvalue weighted by molar-refractivity contribution is -0.117. The molecule has 3 aromatic rings. The zero-order valence-electron chi connectivity index (χ0n) is 12.7. The van der Waals surface area contributed by atoms with Gasteiger partial charge in [-0.15, -0.1) is 11.3 Å². The molecule has 0 saturated heterocycles. The molecule has 5 heteroatoms. The van der Waals surface area contributed by atoms with Crippen LogP contribution in [0.2, 0.25) is 0 Å². The Bertz CT molecular complexity index is 798. The van der Waals surface area contributed by atoms with Crippen molar-refractivity contribution in [1.29, 1.82) is 0 Å². The number of nitrogens with one attached hydrogen (secondary N) is 1. The Morgan fingerprint density at radius 2 is 2.17 bits per heavy atom. The highest BCUT2D eigenvalue weighted by molar-refractivity contribution is 7.19. The van der Waals surface area contributed by atoms with Gasteiger partial charge < -0.3 is 14.8 Å². The Labute approximate surface area is 138 Å². The Balaban J connectivity index is 1.65. The minimum absolute atomic E-state index is 0.140. The molecule has 3 rings (SSSR count). The van der Waals surface area contributed by atoms with Crippen molar-refractivity contribution >= 4 is 33.4 Å². The van der Waals surface area contributed by atoms with Gasteiger partial charge in [-0.3, -0.25) is 4.79 Å². The molecule has 2 heterocycles. The second-order valence-corrected chi connectivity index (χ2v) is 6.57. The highest BCUT2D eigenvalue weighted by Gasteiger charge is 2.25. The van der Waals surface area contributed by atoms with E-state index in [9.17, 15) is 9.90 Å². The van der Waals surface area contributed by atoms with Crippen molar-refractivity contribution in [2.24, 2.45) is 0 Å². The predicted molar refractivity (Wildman–Crippen MR) is 92.1 cm³/mol. The van der Waals surface area contributed by atoms with Crippen LogP contribution in [0.25, 0.3) is 16.2 Å². The van der Waals surface area contributed by atoms with Crippen molar-refractivity contribution in [2.75, 3.05) is 6.54 Å². The molecule has 0 aliphatic rings. The Morgan fingerprint density at radius 1 is 1.35 bits per heavy atom. The second-order valence-electron chi connectivity index (χ2n) is 5.49. The summed E-state index contributed by atoms with van der Waals surface area (Å²) in [5.41, 5.74) is -1.11. The average Bonchev–Trinajstić information content (AvgIpc) is 3.20. The molecular formula is C18H17NO3S. The largest absolute Gasteiger partial charge is 0.465 e. The van der Waals surface area contributed by atoms with Crippen LogP contribution in [0, 0.1) is 0 Å². The minimum Gasteiger partial charge on any atom is -0.465 e. The fraction of sp³-hybridized carbons (Fsp3) is 0.167. The molecule has 0 saturated carbocycles. The number of hydrogen-bond acceptors (Lipinski definition) is 4. The maximum absolute atomic E-state index is 11.8. The molecule has 0 spiro atoms. The minimum atomic E-state index is -1.11. The standard InChI is InChI=1S/C18H17NO3S/c1-18(21,16-11-13-5-2-3-7-15(13)23-16)12-19-17(20)9-8-14-6-4-10-22-14/h2-11,21H,12H2,1H3,(H,19,20)/b9-8+. The molecule has 0 aliphatic carbocycles. The first-order valence-electron chi connectivity index (χ1n) is 7.25. The van der Waals surface area contributed by atoms with Crippen molar-refractivity contribution in [3.8, 4) is 0 Å². The number of benzene rings is 1. The highest BCUT2D eigenvalue weighted by Crippen LogP contribution is 2.32. The lowest BCUT2D eigenvalue weighted by Gasteiger charge is -2.21. The number of furan rings is 1. The number of thiophene rings is 1. The molecule has 23 heavy (non-hydrogen) atoms. The summed E-state index contributed by atoms with van der Waals surface area (Å²) in [5, 5.41) is 14.5. The molecule has 0 aliphatic heterocycles. The molecule has 0 bridgehead atoms. The first kappa shape index (κ1) is 15.5. The van der Waals surface area contributed by atoms with E-state index in [0.717, 1.165) is 15.0 Å². The Kier molecular flexibility index (Phi) is 4.32. The molecular weight excluding hydrogens is 310 g/mol. The summed E-state index contributed by atoms with van der Waals surface area (Å²) in [4.78, 5) is 12.7. The van der Waals surface area contributed by atoms with Crippen LogP contribution >= 0.6 is 11.3 Å². The van der Waals surface area contributed by atoms with E-state index in [0.29, 0.717) is 5.76 Å². The van der Waals surface area contributed by atoms with Gasteiger partial charge in [-0.05, 0) is 42.7 Å². The van der Waals surface area contributed by atoms with Gasteiger partial charge in [0.25, 0.3) is 0 Å². The van der Waals surface area contributed by atoms with E-state index in [-0.39, 0.29) is 12.5 Å².